The van der Waals surface area contributed by atoms with Crippen LogP contribution in [0.25, 0.3) is 0 Å². The smallest absolute Gasteiger partial charge is 0.264 e. The molecule has 0 aliphatic carbocycles. The van der Waals surface area contributed by atoms with E-state index in [-0.39, 0.29) is 16.7 Å². The van der Waals surface area contributed by atoms with E-state index in [9.17, 15) is 18.0 Å². The summed E-state index contributed by atoms with van der Waals surface area (Å²) in [6.07, 6.45) is 1.62. The zero-order chi connectivity index (χ0) is 22.7. The van der Waals surface area contributed by atoms with E-state index in [1.807, 2.05) is 24.3 Å². The predicted molar refractivity (Wildman–Crippen MR) is 124 cm³/mol. The van der Waals surface area contributed by atoms with Crippen molar-refractivity contribution in [3.63, 3.8) is 0 Å². The molecule has 3 aromatic carbocycles. The summed E-state index contributed by atoms with van der Waals surface area (Å²) in [7, 11) is -3.72. The first-order valence-corrected chi connectivity index (χ1v) is 11.7. The average molecular weight is 450 g/mol. The van der Waals surface area contributed by atoms with Crippen molar-refractivity contribution in [1.82, 2.24) is 0 Å². The number of anilines is 3. The molecule has 4 rings (SSSR count). The summed E-state index contributed by atoms with van der Waals surface area (Å²) in [5, 5.41) is 5.42. The standard InChI is InChI=1S/C24H23N3O4S/c1-17(28)25-20-10-12-21(13-11-20)26-24(29)19-8-14-22(15-9-19)32(30,31)27-16-4-6-18-5-2-3-7-23(18)27/h2-3,5,7-15H,4,6,16H2,1H3,(H,25,28)(H,26,29). The zero-order valence-electron chi connectivity index (χ0n) is 17.5. The van der Waals surface area contributed by atoms with Gasteiger partial charge < -0.3 is 10.6 Å². The van der Waals surface area contributed by atoms with Gasteiger partial charge in [0.25, 0.3) is 15.9 Å². The van der Waals surface area contributed by atoms with E-state index in [1.54, 1.807) is 24.3 Å². The second kappa shape index (κ2) is 8.84. The molecule has 2 N–H and O–H groups in total. The van der Waals surface area contributed by atoms with Crippen molar-refractivity contribution in [2.24, 2.45) is 0 Å². The third-order valence-corrected chi connectivity index (χ3v) is 7.06. The van der Waals surface area contributed by atoms with Crippen molar-refractivity contribution in [3.05, 3.63) is 83.9 Å². The molecule has 7 nitrogen and oxygen atoms in total. The molecule has 32 heavy (non-hydrogen) atoms. The molecule has 0 atom stereocenters. The largest absolute Gasteiger partial charge is 0.326 e. The van der Waals surface area contributed by atoms with E-state index in [4.69, 9.17) is 0 Å². The Balaban J connectivity index is 1.49. The number of aryl methyl sites for hydroxylation is 1. The fourth-order valence-electron chi connectivity index (χ4n) is 3.70. The van der Waals surface area contributed by atoms with Crippen LogP contribution in [0.3, 0.4) is 0 Å². The van der Waals surface area contributed by atoms with Gasteiger partial charge in [-0.15, -0.1) is 0 Å². The zero-order valence-corrected chi connectivity index (χ0v) is 18.4. The number of rotatable bonds is 5. The lowest BCUT2D eigenvalue weighted by molar-refractivity contribution is -0.114. The number of benzene rings is 3. The van der Waals surface area contributed by atoms with E-state index in [0.29, 0.717) is 29.2 Å². The first-order chi connectivity index (χ1) is 15.3. The lowest BCUT2D eigenvalue weighted by Gasteiger charge is -2.30. The second-order valence-corrected chi connectivity index (χ2v) is 9.41. The van der Waals surface area contributed by atoms with Crippen molar-refractivity contribution in [1.29, 1.82) is 0 Å². The van der Waals surface area contributed by atoms with Crippen LogP contribution in [-0.4, -0.2) is 26.8 Å². The maximum Gasteiger partial charge on any atom is 0.264 e. The number of amides is 2. The number of nitrogens with zero attached hydrogens (tertiary/aromatic N) is 1. The summed E-state index contributed by atoms with van der Waals surface area (Å²) in [5.74, 6) is -0.533. The van der Waals surface area contributed by atoms with Crippen molar-refractivity contribution < 1.29 is 18.0 Å². The SMILES string of the molecule is CC(=O)Nc1ccc(NC(=O)c2ccc(S(=O)(=O)N3CCCc4ccccc43)cc2)cc1. The minimum atomic E-state index is -3.72. The lowest BCUT2D eigenvalue weighted by Crippen LogP contribution is -2.35. The van der Waals surface area contributed by atoms with E-state index in [1.165, 1.54) is 35.5 Å². The van der Waals surface area contributed by atoms with E-state index < -0.39 is 10.0 Å². The average Bonchev–Trinajstić information content (AvgIpc) is 2.79. The quantitative estimate of drug-likeness (QED) is 0.615. The van der Waals surface area contributed by atoms with Crippen LogP contribution >= 0.6 is 0 Å². The van der Waals surface area contributed by atoms with Crippen LogP contribution in [-0.2, 0) is 21.2 Å². The Labute approximate surface area is 187 Å². The number of sulfonamides is 1. The van der Waals surface area contributed by atoms with Gasteiger partial charge in [0, 0.05) is 30.4 Å². The van der Waals surface area contributed by atoms with Crippen LogP contribution in [0, 0.1) is 0 Å². The minimum Gasteiger partial charge on any atom is -0.326 e. The number of hydrogen-bond acceptors (Lipinski definition) is 4. The number of carbonyl (C=O) groups is 2. The third-order valence-electron chi connectivity index (χ3n) is 5.24. The minimum absolute atomic E-state index is 0.144. The Morgan fingerprint density at radius 3 is 2.12 bits per heavy atom. The number of fused-ring (bicyclic) bond motifs is 1. The highest BCUT2D eigenvalue weighted by atomic mass is 32.2. The molecule has 0 fully saturated rings. The van der Waals surface area contributed by atoms with Crippen LogP contribution in [0.1, 0.15) is 29.3 Å². The molecule has 0 aromatic heterocycles. The first-order valence-electron chi connectivity index (χ1n) is 10.2. The van der Waals surface area contributed by atoms with Crippen LogP contribution in [0.15, 0.2) is 77.7 Å². The predicted octanol–water partition coefficient (Wildman–Crippen LogP) is 4.04. The molecule has 164 valence electrons. The number of hydrogen-bond donors (Lipinski definition) is 2. The molecule has 0 spiro atoms. The van der Waals surface area contributed by atoms with Crippen LogP contribution in [0.5, 0.6) is 0 Å². The van der Waals surface area contributed by atoms with Gasteiger partial charge in [0.1, 0.15) is 0 Å². The van der Waals surface area contributed by atoms with Crippen LogP contribution in [0.4, 0.5) is 17.1 Å². The highest BCUT2D eigenvalue weighted by molar-refractivity contribution is 7.92. The molecule has 1 aliphatic rings. The van der Waals surface area contributed by atoms with Crippen molar-refractivity contribution in [3.8, 4) is 0 Å². The fraction of sp³-hybridized carbons (Fsp3) is 0.167. The van der Waals surface area contributed by atoms with Crippen LogP contribution < -0.4 is 14.9 Å². The summed E-state index contributed by atoms with van der Waals surface area (Å²) in [4.78, 5) is 23.8. The molecule has 0 saturated heterocycles. The highest BCUT2D eigenvalue weighted by Gasteiger charge is 2.28. The first kappa shape index (κ1) is 21.6. The number of nitrogens with one attached hydrogen (secondary N) is 2. The van der Waals surface area contributed by atoms with Gasteiger partial charge in [-0.25, -0.2) is 8.42 Å². The van der Waals surface area contributed by atoms with Gasteiger partial charge in [-0.2, -0.15) is 0 Å². The van der Waals surface area contributed by atoms with Crippen molar-refractivity contribution in [2.75, 3.05) is 21.5 Å². The molecular weight excluding hydrogens is 426 g/mol. The highest BCUT2D eigenvalue weighted by Crippen LogP contribution is 2.31. The Bertz CT molecular complexity index is 1250. The molecule has 8 heteroatoms. The summed E-state index contributed by atoms with van der Waals surface area (Å²) in [6.45, 7) is 1.85. The molecule has 1 heterocycles. The van der Waals surface area contributed by atoms with E-state index in [0.717, 1.165) is 18.4 Å². The Morgan fingerprint density at radius 2 is 1.47 bits per heavy atom. The molecule has 0 bridgehead atoms. The maximum atomic E-state index is 13.2. The molecule has 2 amide bonds. The third kappa shape index (κ3) is 4.50. The molecule has 0 unspecified atom stereocenters. The normalized spacial score (nSPS) is 13.2. The second-order valence-electron chi connectivity index (χ2n) is 7.55. The van der Waals surface area contributed by atoms with Gasteiger partial charge in [0.05, 0.1) is 10.6 Å². The Hall–Kier alpha value is -3.65. The maximum absolute atomic E-state index is 13.2. The Kier molecular flexibility index (Phi) is 5.96. The Morgan fingerprint density at radius 1 is 0.844 bits per heavy atom. The van der Waals surface area contributed by atoms with Crippen LogP contribution in [0.2, 0.25) is 0 Å². The van der Waals surface area contributed by atoms with E-state index in [2.05, 4.69) is 10.6 Å². The van der Waals surface area contributed by atoms with Gasteiger partial charge in [0.2, 0.25) is 5.91 Å². The molecule has 3 aromatic rings. The molecule has 1 aliphatic heterocycles. The van der Waals surface area contributed by atoms with Gasteiger partial charge in [0.15, 0.2) is 0 Å². The van der Waals surface area contributed by atoms with Gasteiger partial charge >= 0.3 is 0 Å². The number of carbonyl (C=O) groups excluding carboxylic acids is 2. The molecule has 0 radical (unpaired) electrons. The number of para-hydroxylation sites is 1. The summed E-state index contributed by atoms with van der Waals surface area (Å²) < 4.78 is 27.9. The van der Waals surface area contributed by atoms with Crippen molar-refractivity contribution in [2.45, 2.75) is 24.7 Å². The summed E-state index contributed by atoms with van der Waals surface area (Å²) >= 11 is 0. The van der Waals surface area contributed by atoms with E-state index >= 15 is 0 Å². The van der Waals surface area contributed by atoms with Crippen molar-refractivity contribution >= 4 is 38.9 Å². The lowest BCUT2D eigenvalue weighted by atomic mass is 10.0. The van der Waals surface area contributed by atoms with Gasteiger partial charge in [-0.05, 0) is 73.0 Å². The topological polar surface area (TPSA) is 95.6 Å². The monoisotopic (exact) mass is 449 g/mol. The summed E-state index contributed by atoms with van der Waals surface area (Å²) in [6, 6.07) is 20.2. The summed E-state index contributed by atoms with van der Waals surface area (Å²) in [5.41, 5.74) is 3.26. The molecule has 0 saturated carbocycles. The fourth-order valence-corrected chi connectivity index (χ4v) is 5.24. The van der Waals surface area contributed by atoms with Gasteiger partial charge in [-0.1, -0.05) is 18.2 Å². The van der Waals surface area contributed by atoms with Gasteiger partial charge in [-0.3, -0.25) is 13.9 Å². The molecular formula is C24H23N3O4S.